The van der Waals surface area contributed by atoms with Crippen molar-refractivity contribution in [2.24, 2.45) is 0 Å². The predicted molar refractivity (Wildman–Crippen MR) is 142 cm³/mol. The van der Waals surface area contributed by atoms with Crippen LogP contribution in [0.15, 0.2) is 53.0 Å². The molecule has 0 aromatic heterocycles. The third kappa shape index (κ3) is 5.54. The molecule has 2 saturated heterocycles. The number of benzene rings is 1. The van der Waals surface area contributed by atoms with Crippen molar-refractivity contribution in [1.82, 2.24) is 0 Å². The van der Waals surface area contributed by atoms with Crippen molar-refractivity contribution in [2.75, 3.05) is 13.2 Å². The molecule has 11 unspecified atom stereocenters. The topological polar surface area (TPSA) is 275 Å². The molecule has 2 fully saturated rings. The van der Waals surface area contributed by atoms with Crippen LogP contribution in [0.5, 0.6) is 0 Å². The zero-order chi connectivity index (χ0) is 32.0. The van der Waals surface area contributed by atoms with E-state index in [2.05, 4.69) is 0 Å². The van der Waals surface area contributed by atoms with E-state index in [0.717, 1.165) is 11.6 Å². The van der Waals surface area contributed by atoms with Crippen LogP contribution in [0.25, 0.3) is 6.08 Å². The highest BCUT2D eigenvalue weighted by atomic mass is 16.6. The van der Waals surface area contributed by atoms with Crippen molar-refractivity contribution in [2.45, 2.75) is 73.6 Å². The molecule has 1 aromatic carbocycles. The number of hydrogen-bond donors (Lipinski definition) is 11. The lowest BCUT2D eigenvalue weighted by molar-refractivity contribution is -0.266. The molecule has 0 bridgehead atoms. The number of ketones is 2. The highest BCUT2D eigenvalue weighted by molar-refractivity contribution is 6.31. The lowest BCUT2D eigenvalue weighted by atomic mass is 9.72. The Morgan fingerprint density at radius 2 is 1.35 bits per heavy atom. The first-order chi connectivity index (χ1) is 20.2. The number of ether oxygens (including phenoxy) is 2. The minimum absolute atomic E-state index is 0.485. The SMILES string of the molecule is Cc1ccc(/C=C/C(=O)C2=C(O)C(O)(C3OC(CO)C(O)C(O)C3O)C(O)=C(C3OC(CO)C(O)C(O)C3O)C2=O)cc1. The molecule has 15 nitrogen and oxygen atoms in total. The Morgan fingerprint density at radius 3 is 1.91 bits per heavy atom. The third-order valence-electron chi connectivity index (χ3n) is 7.92. The molecule has 3 aliphatic rings. The first-order valence-corrected chi connectivity index (χ1v) is 13.2. The number of Topliss-reactive ketones (excluding diaryl/α,β-unsaturated/α-hetero) is 1. The molecule has 15 heteroatoms. The summed E-state index contributed by atoms with van der Waals surface area (Å²) in [5, 5.41) is 116. The van der Waals surface area contributed by atoms with Crippen LogP contribution in [-0.2, 0) is 19.1 Å². The van der Waals surface area contributed by atoms with Gasteiger partial charge in [0.2, 0.25) is 11.4 Å². The maximum atomic E-state index is 13.7. The highest BCUT2D eigenvalue weighted by Gasteiger charge is 2.62. The first kappa shape index (κ1) is 32.8. The second-order valence-electron chi connectivity index (χ2n) is 10.7. The zero-order valence-corrected chi connectivity index (χ0v) is 22.7. The van der Waals surface area contributed by atoms with Crippen LogP contribution in [-0.4, -0.2) is 148 Å². The fourth-order valence-electron chi connectivity index (χ4n) is 5.34. The summed E-state index contributed by atoms with van der Waals surface area (Å²) in [5.41, 5.74) is -4.40. The molecule has 1 aliphatic carbocycles. The van der Waals surface area contributed by atoms with Gasteiger partial charge in [0.05, 0.1) is 18.8 Å². The molecule has 0 amide bonds. The molecule has 1 aromatic rings. The van der Waals surface area contributed by atoms with Gasteiger partial charge in [0, 0.05) is 0 Å². The molecule has 2 aliphatic heterocycles. The van der Waals surface area contributed by atoms with Crippen LogP contribution in [0.4, 0.5) is 0 Å². The van der Waals surface area contributed by atoms with Crippen molar-refractivity contribution >= 4 is 17.6 Å². The number of aliphatic hydroxyl groups is 11. The van der Waals surface area contributed by atoms with Gasteiger partial charge in [-0.25, -0.2) is 0 Å². The molecule has 0 radical (unpaired) electrons. The lowest BCUT2D eigenvalue weighted by Crippen LogP contribution is -2.67. The van der Waals surface area contributed by atoms with E-state index in [1.807, 2.05) is 6.92 Å². The first-order valence-electron chi connectivity index (χ1n) is 13.2. The zero-order valence-electron chi connectivity index (χ0n) is 22.7. The van der Waals surface area contributed by atoms with Crippen LogP contribution in [0.3, 0.4) is 0 Å². The molecular formula is C28H34O15. The summed E-state index contributed by atoms with van der Waals surface area (Å²) >= 11 is 0. The van der Waals surface area contributed by atoms with Gasteiger partial charge in [-0.1, -0.05) is 35.9 Å². The third-order valence-corrected chi connectivity index (χ3v) is 7.92. The molecule has 236 valence electrons. The van der Waals surface area contributed by atoms with E-state index >= 15 is 0 Å². The molecular weight excluding hydrogens is 576 g/mol. The van der Waals surface area contributed by atoms with Crippen molar-refractivity contribution in [1.29, 1.82) is 0 Å². The number of carbonyl (C=O) groups is 2. The Hall–Kier alpha value is -3.06. The average Bonchev–Trinajstić information content (AvgIpc) is 2.98. The fourth-order valence-corrected chi connectivity index (χ4v) is 5.34. The summed E-state index contributed by atoms with van der Waals surface area (Å²) in [4.78, 5) is 27.1. The fraction of sp³-hybridized carbons (Fsp3) is 0.500. The van der Waals surface area contributed by atoms with E-state index in [1.165, 1.54) is 6.08 Å². The van der Waals surface area contributed by atoms with Gasteiger partial charge in [-0.2, -0.15) is 0 Å². The second-order valence-corrected chi connectivity index (χ2v) is 10.7. The Labute approximate surface area is 244 Å². The van der Waals surface area contributed by atoms with Crippen LogP contribution in [0.1, 0.15) is 11.1 Å². The highest BCUT2D eigenvalue weighted by Crippen LogP contribution is 2.44. The molecule has 0 spiro atoms. The van der Waals surface area contributed by atoms with E-state index in [9.17, 15) is 65.8 Å². The predicted octanol–water partition coefficient (Wildman–Crippen LogP) is -3.80. The number of aryl methyl sites for hydroxylation is 1. The second kappa shape index (κ2) is 12.5. The summed E-state index contributed by atoms with van der Waals surface area (Å²) in [6.07, 6.45) is -18.3. The van der Waals surface area contributed by atoms with Gasteiger partial charge in [0.1, 0.15) is 78.1 Å². The van der Waals surface area contributed by atoms with E-state index in [4.69, 9.17) is 9.47 Å². The van der Waals surface area contributed by atoms with Crippen LogP contribution in [0.2, 0.25) is 0 Å². The summed E-state index contributed by atoms with van der Waals surface area (Å²) in [5.74, 6) is -5.86. The van der Waals surface area contributed by atoms with E-state index in [1.54, 1.807) is 24.3 Å². The minimum atomic E-state index is -3.46. The molecule has 4 rings (SSSR count). The van der Waals surface area contributed by atoms with Gasteiger partial charge in [0.25, 0.3) is 0 Å². The van der Waals surface area contributed by atoms with E-state index in [-0.39, 0.29) is 0 Å². The van der Waals surface area contributed by atoms with Crippen molar-refractivity contribution in [3.63, 3.8) is 0 Å². The number of carbonyl (C=O) groups excluding carboxylic acids is 2. The lowest BCUT2D eigenvalue weighted by Gasteiger charge is -2.48. The normalized spacial score (nSPS) is 39.1. The van der Waals surface area contributed by atoms with Gasteiger partial charge in [-0.15, -0.1) is 0 Å². The summed E-state index contributed by atoms with van der Waals surface area (Å²) in [6, 6.07) is 6.71. The summed E-state index contributed by atoms with van der Waals surface area (Å²) < 4.78 is 10.7. The largest absolute Gasteiger partial charge is 0.508 e. The summed E-state index contributed by atoms with van der Waals surface area (Å²) in [7, 11) is 0. The van der Waals surface area contributed by atoms with Gasteiger partial charge in [-0.05, 0) is 18.6 Å². The number of aliphatic hydroxyl groups excluding tert-OH is 10. The van der Waals surface area contributed by atoms with Crippen molar-refractivity contribution in [3.05, 3.63) is 64.1 Å². The number of allylic oxidation sites excluding steroid dienone is 2. The van der Waals surface area contributed by atoms with Gasteiger partial charge in [-0.3, -0.25) is 9.59 Å². The van der Waals surface area contributed by atoms with Crippen molar-refractivity contribution in [3.8, 4) is 0 Å². The molecule has 43 heavy (non-hydrogen) atoms. The number of rotatable bonds is 7. The van der Waals surface area contributed by atoms with E-state index in [0.29, 0.717) is 5.56 Å². The Bertz CT molecular complexity index is 1320. The maximum Gasteiger partial charge on any atom is 0.208 e. The van der Waals surface area contributed by atoms with Crippen LogP contribution in [0, 0.1) is 6.92 Å². The van der Waals surface area contributed by atoms with Gasteiger partial charge >= 0.3 is 0 Å². The smallest absolute Gasteiger partial charge is 0.208 e. The molecule has 11 N–H and O–H groups in total. The van der Waals surface area contributed by atoms with Gasteiger partial charge in [0.15, 0.2) is 5.78 Å². The monoisotopic (exact) mass is 610 g/mol. The molecule has 2 heterocycles. The van der Waals surface area contributed by atoms with Gasteiger partial charge < -0.3 is 65.6 Å². The van der Waals surface area contributed by atoms with E-state index < -0.39 is 114 Å². The Balaban J connectivity index is 1.89. The molecule has 0 saturated carbocycles. The average molecular weight is 611 g/mol. The van der Waals surface area contributed by atoms with Crippen molar-refractivity contribution < 1.29 is 75.2 Å². The Kier molecular flexibility index (Phi) is 9.55. The minimum Gasteiger partial charge on any atom is -0.508 e. The number of hydrogen-bond acceptors (Lipinski definition) is 15. The summed E-state index contributed by atoms with van der Waals surface area (Å²) in [6.45, 7) is -0.121. The molecule has 11 atom stereocenters. The van der Waals surface area contributed by atoms with Crippen LogP contribution < -0.4 is 0 Å². The Morgan fingerprint density at radius 1 is 0.814 bits per heavy atom. The maximum absolute atomic E-state index is 13.7. The standard InChI is InChI=1S/C28H34O15/c1-10-2-4-11(5-3-10)6-7-12(31)15-19(34)16(24-22(37)20(35)17(32)13(8-29)42-24)26(40)28(41,25(15)39)27-23(38)21(36)18(33)14(9-30)43-27/h2-7,13-14,17-18,20-24,27,29-30,32-33,35-41H,8-9H2,1H3/b7-6+. The quantitative estimate of drug-likeness (QED) is 0.104. The van der Waals surface area contributed by atoms with Crippen LogP contribution >= 0.6 is 0 Å².